The van der Waals surface area contributed by atoms with Gasteiger partial charge in [0.1, 0.15) is 12.1 Å². The number of aryl methyl sites for hydroxylation is 1. The van der Waals surface area contributed by atoms with Crippen LogP contribution in [0.2, 0.25) is 0 Å². The number of aliphatic carboxylic acids is 1. The number of carboxylic acid groups (broad SMARTS) is 1. The van der Waals surface area contributed by atoms with E-state index in [1.165, 1.54) is 0 Å². The van der Waals surface area contributed by atoms with Gasteiger partial charge >= 0.3 is 5.97 Å². The van der Waals surface area contributed by atoms with E-state index in [9.17, 15) is 24.0 Å². The lowest BCUT2D eigenvalue weighted by molar-refractivity contribution is -0.138. The van der Waals surface area contributed by atoms with Crippen molar-refractivity contribution in [1.82, 2.24) is 10.6 Å². The van der Waals surface area contributed by atoms with Crippen molar-refractivity contribution in [2.75, 3.05) is 0 Å². The van der Waals surface area contributed by atoms with Gasteiger partial charge in [-0.2, -0.15) is 0 Å². The van der Waals surface area contributed by atoms with Crippen molar-refractivity contribution in [3.63, 3.8) is 0 Å². The van der Waals surface area contributed by atoms with Crippen molar-refractivity contribution < 1.29 is 29.1 Å². The summed E-state index contributed by atoms with van der Waals surface area (Å²) in [5.41, 5.74) is 14.8. The van der Waals surface area contributed by atoms with Crippen LogP contribution >= 0.6 is 11.3 Å². The molecule has 1 heterocycles. The monoisotopic (exact) mass is 564 g/mol. The number of hydrogen-bond donors (Lipinski definition) is 5. The molecule has 1 aromatic heterocycles. The lowest BCUT2D eigenvalue weighted by Gasteiger charge is -2.21. The van der Waals surface area contributed by atoms with E-state index >= 15 is 0 Å². The van der Waals surface area contributed by atoms with Gasteiger partial charge in [0, 0.05) is 24.1 Å². The van der Waals surface area contributed by atoms with Crippen molar-refractivity contribution in [1.29, 1.82) is 0 Å². The minimum absolute atomic E-state index is 0.0785. The van der Waals surface area contributed by atoms with E-state index in [0.29, 0.717) is 6.42 Å². The molecule has 3 aromatic rings. The molecule has 0 aliphatic rings. The molecule has 2 atom stereocenters. The van der Waals surface area contributed by atoms with Gasteiger partial charge in [-0.25, -0.2) is 0 Å². The second-order valence-corrected chi connectivity index (χ2v) is 10.2. The van der Waals surface area contributed by atoms with E-state index in [1.807, 2.05) is 42.5 Å². The highest BCUT2D eigenvalue weighted by atomic mass is 32.1. The van der Waals surface area contributed by atoms with Crippen LogP contribution in [0.15, 0.2) is 66.0 Å². The summed E-state index contributed by atoms with van der Waals surface area (Å²) in [4.78, 5) is 60.3. The van der Waals surface area contributed by atoms with Crippen molar-refractivity contribution in [2.24, 2.45) is 11.5 Å². The van der Waals surface area contributed by atoms with E-state index in [0.717, 1.165) is 27.1 Å². The lowest BCUT2D eigenvalue weighted by atomic mass is 10.0. The van der Waals surface area contributed by atoms with Crippen LogP contribution in [0.5, 0.6) is 0 Å². The predicted octanol–water partition coefficient (Wildman–Crippen LogP) is 2.60. The molecule has 0 saturated carbocycles. The van der Waals surface area contributed by atoms with E-state index < -0.39 is 41.7 Å². The molecule has 0 fully saturated rings. The van der Waals surface area contributed by atoms with Crippen LogP contribution in [0.1, 0.15) is 37.7 Å². The molecule has 0 radical (unpaired) electrons. The van der Waals surface area contributed by atoms with Crippen molar-refractivity contribution in [3.8, 4) is 21.6 Å². The maximum absolute atomic E-state index is 12.8. The van der Waals surface area contributed by atoms with Gasteiger partial charge < -0.3 is 27.2 Å². The highest BCUT2D eigenvalue weighted by Crippen LogP contribution is 2.32. The molecule has 0 bridgehead atoms. The molecular weight excluding hydrogens is 532 g/mol. The SMILES string of the molecule is NC(=O)CC[C@H](NC(=O)CCc1ccc(-c2cc(-c3ccccc3)cs2)cc1)C(=O)N[C@@H](CCC(=O)O)C(N)=O. The normalized spacial score (nSPS) is 12.2. The number of nitrogens with one attached hydrogen (secondary N) is 2. The second-order valence-electron chi connectivity index (χ2n) is 9.28. The summed E-state index contributed by atoms with van der Waals surface area (Å²) in [7, 11) is 0. The predicted molar refractivity (Wildman–Crippen MR) is 152 cm³/mol. The van der Waals surface area contributed by atoms with Crippen LogP contribution in [-0.4, -0.2) is 46.8 Å². The van der Waals surface area contributed by atoms with E-state index in [4.69, 9.17) is 16.6 Å². The number of primary amides is 2. The van der Waals surface area contributed by atoms with Crippen LogP contribution in [0, 0.1) is 0 Å². The van der Waals surface area contributed by atoms with Gasteiger partial charge in [-0.15, -0.1) is 11.3 Å². The first kappa shape index (κ1) is 30.0. The zero-order valence-corrected chi connectivity index (χ0v) is 22.6. The molecule has 3 rings (SSSR count). The van der Waals surface area contributed by atoms with E-state index in [-0.39, 0.29) is 32.1 Å². The van der Waals surface area contributed by atoms with E-state index in [1.54, 1.807) is 11.3 Å². The molecule has 7 N–H and O–H groups in total. The van der Waals surface area contributed by atoms with Gasteiger partial charge in [-0.1, -0.05) is 54.6 Å². The molecular formula is C29H32N4O6S. The summed E-state index contributed by atoms with van der Waals surface area (Å²) in [5.74, 6) is -3.90. The minimum Gasteiger partial charge on any atom is -0.481 e. The Hall–Kier alpha value is -4.51. The Morgan fingerprint density at radius 2 is 1.45 bits per heavy atom. The molecule has 0 aliphatic carbocycles. The summed E-state index contributed by atoms with van der Waals surface area (Å²) < 4.78 is 0. The Labute approximate surface area is 235 Å². The number of thiophene rings is 1. The van der Waals surface area contributed by atoms with Gasteiger partial charge in [-0.3, -0.25) is 24.0 Å². The first-order valence-corrected chi connectivity index (χ1v) is 13.6. The molecule has 0 spiro atoms. The molecule has 40 heavy (non-hydrogen) atoms. The number of amides is 4. The van der Waals surface area contributed by atoms with Crippen LogP contribution in [-0.2, 0) is 30.4 Å². The fourth-order valence-corrected chi connectivity index (χ4v) is 4.94. The fraction of sp³-hybridized carbons (Fsp3) is 0.276. The Morgan fingerprint density at radius 3 is 2.08 bits per heavy atom. The minimum atomic E-state index is -1.23. The lowest BCUT2D eigenvalue weighted by Crippen LogP contribution is -2.53. The number of hydrogen-bond acceptors (Lipinski definition) is 6. The molecule has 4 amide bonds. The first-order chi connectivity index (χ1) is 19.1. The quantitative estimate of drug-likeness (QED) is 0.189. The topological polar surface area (TPSA) is 182 Å². The number of benzene rings is 2. The Kier molecular flexibility index (Phi) is 11.0. The average Bonchev–Trinajstić information content (AvgIpc) is 3.43. The number of carbonyl (C=O) groups is 5. The summed E-state index contributed by atoms with van der Waals surface area (Å²) in [6, 6.07) is 17.8. The highest BCUT2D eigenvalue weighted by molar-refractivity contribution is 7.14. The van der Waals surface area contributed by atoms with Gasteiger partial charge in [-0.05, 0) is 53.0 Å². The zero-order valence-electron chi connectivity index (χ0n) is 21.8. The second kappa shape index (κ2) is 14.6. The average molecular weight is 565 g/mol. The number of rotatable bonds is 15. The van der Waals surface area contributed by atoms with Crippen LogP contribution in [0.25, 0.3) is 21.6 Å². The first-order valence-electron chi connectivity index (χ1n) is 12.7. The smallest absolute Gasteiger partial charge is 0.303 e. The fourth-order valence-electron chi connectivity index (χ4n) is 4.01. The third kappa shape index (κ3) is 9.35. The van der Waals surface area contributed by atoms with Gasteiger partial charge in [0.05, 0.1) is 0 Å². The Bertz CT molecular complexity index is 1340. The largest absolute Gasteiger partial charge is 0.481 e. The summed E-state index contributed by atoms with van der Waals surface area (Å²) in [6.07, 6.45) is -0.357. The Balaban J connectivity index is 1.57. The molecule has 210 valence electrons. The van der Waals surface area contributed by atoms with Crippen molar-refractivity contribution in [2.45, 2.75) is 50.6 Å². The molecule has 0 saturated heterocycles. The third-order valence-corrected chi connectivity index (χ3v) is 7.20. The number of nitrogens with two attached hydrogens (primary N) is 2. The van der Waals surface area contributed by atoms with Crippen LogP contribution in [0.4, 0.5) is 0 Å². The van der Waals surface area contributed by atoms with Gasteiger partial charge in [0.15, 0.2) is 0 Å². The third-order valence-electron chi connectivity index (χ3n) is 6.22. The molecule has 0 aliphatic heterocycles. The zero-order chi connectivity index (χ0) is 29.1. The van der Waals surface area contributed by atoms with Crippen LogP contribution in [0.3, 0.4) is 0 Å². The number of carboxylic acids is 1. The summed E-state index contributed by atoms with van der Waals surface area (Å²) in [5, 5.41) is 15.9. The molecule has 10 nitrogen and oxygen atoms in total. The maximum Gasteiger partial charge on any atom is 0.303 e. The molecule has 11 heteroatoms. The molecule has 2 aromatic carbocycles. The van der Waals surface area contributed by atoms with Gasteiger partial charge in [0.2, 0.25) is 23.6 Å². The summed E-state index contributed by atoms with van der Waals surface area (Å²) in [6.45, 7) is 0. The summed E-state index contributed by atoms with van der Waals surface area (Å²) >= 11 is 1.65. The van der Waals surface area contributed by atoms with Crippen LogP contribution < -0.4 is 22.1 Å². The Morgan fingerprint density at radius 1 is 0.775 bits per heavy atom. The van der Waals surface area contributed by atoms with Crippen molar-refractivity contribution >= 4 is 40.9 Å². The standard InChI is InChI=1S/C29H32N4O6S/c30-25(34)13-11-23(29(39)33-22(28(31)38)12-15-27(36)37)32-26(35)14-8-18-6-9-20(10-7-18)24-16-21(17-40-24)19-4-2-1-3-5-19/h1-7,9-10,16-17,22-23H,8,11-15H2,(H2,30,34)(H2,31,38)(H,32,35)(H,33,39)(H,36,37)/t22-,23-/m0/s1. The van der Waals surface area contributed by atoms with Gasteiger partial charge in [0.25, 0.3) is 0 Å². The van der Waals surface area contributed by atoms with Crippen molar-refractivity contribution in [3.05, 3.63) is 71.6 Å². The maximum atomic E-state index is 12.8. The number of carbonyl (C=O) groups excluding carboxylic acids is 4. The highest BCUT2D eigenvalue weighted by Gasteiger charge is 2.26. The van der Waals surface area contributed by atoms with E-state index in [2.05, 4.69) is 34.2 Å². The molecule has 0 unspecified atom stereocenters.